The van der Waals surface area contributed by atoms with Gasteiger partial charge in [0, 0.05) is 63.7 Å². The maximum atomic E-state index is 13.8. The van der Waals surface area contributed by atoms with Gasteiger partial charge in [-0.2, -0.15) is 0 Å². The standard InChI is InChI=1S/C25H27N5O5/c1-15-6-5-7-19(16(15)2)28-10-11-29-20-9-8-18(30(34)35)12-17(20)13-25(21(29)14-28)22(31)26(3)24(33)27(4)23(25)32/h5-9,12,21H,10-11,13-14H2,1-4H3. The summed E-state index contributed by atoms with van der Waals surface area (Å²) in [6.07, 6.45) is -0.00849. The summed E-state index contributed by atoms with van der Waals surface area (Å²) in [6, 6.07) is 9.45. The van der Waals surface area contributed by atoms with Gasteiger partial charge in [0.15, 0.2) is 5.41 Å². The summed E-state index contributed by atoms with van der Waals surface area (Å²) in [7, 11) is 2.77. The minimum atomic E-state index is -1.57. The molecule has 3 aliphatic heterocycles. The van der Waals surface area contributed by atoms with E-state index in [4.69, 9.17) is 0 Å². The Hall–Kier alpha value is -3.95. The molecule has 4 amide bonds. The largest absolute Gasteiger partial charge is 0.367 e. The van der Waals surface area contributed by atoms with Crippen LogP contribution in [0.1, 0.15) is 16.7 Å². The van der Waals surface area contributed by atoms with Crippen molar-refractivity contribution in [1.82, 2.24) is 9.80 Å². The molecular formula is C25H27N5O5. The highest BCUT2D eigenvalue weighted by molar-refractivity contribution is 6.20. The monoisotopic (exact) mass is 477 g/mol. The van der Waals surface area contributed by atoms with Crippen LogP contribution in [0.2, 0.25) is 0 Å². The number of anilines is 2. The third kappa shape index (κ3) is 3.12. The summed E-state index contributed by atoms with van der Waals surface area (Å²) in [6.45, 7) is 5.67. The summed E-state index contributed by atoms with van der Waals surface area (Å²) in [5.74, 6) is -1.14. The second-order valence-electron chi connectivity index (χ2n) is 9.60. The highest BCUT2D eigenvalue weighted by Gasteiger charge is 2.64. The molecule has 35 heavy (non-hydrogen) atoms. The molecule has 2 aromatic rings. The van der Waals surface area contributed by atoms with E-state index >= 15 is 0 Å². The molecule has 10 nitrogen and oxygen atoms in total. The zero-order valence-electron chi connectivity index (χ0n) is 20.1. The van der Waals surface area contributed by atoms with E-state index in [0.29, 0.717) is 25.2 Å². The molecule has 1 unspecified atom stereocenters. The highest BCUT2D eigenvalue weighted by Crippen LogP contribution is 2.48. The predicted molar refractivity (Wildman–Crippen MR) is 129 cm³/mol. The van der Waals surface area contributed by atoms with Crippen LogP contribution < -0.4 is 9.80 Å². The van der Waals surface area contributed by atoms with E-state index in [0.717, 1.165) is 32.3 Å². The number of fused-ring (bicyclic) bond motifs is 4. The molecule has 3 aliphatic rings. The molecule has 0 saturated carbocycles. The van der Waals surface area contributed by atoms with Crippen molar-refractivity contribution in [3.05, 3.63) is 63.2 Å². The SMILES string of the molecule is Cc1cccc(N2CCN3c4ccc([N+](=O)[O-])cc4CC4(C(=O)N(C)C(=O)N(C)C4=O)C3C2)c1C. The summed E-state index contributed by atoms with van der Waals surface area (Å²) in [5.41, 5.74) is 3.00. The van der Waals surface area contributed by atoms with E-state index in [1.807, 2.05) is 30.0 Å². The van der Waals surface area contributed by atoms with E-state index in [-0.39, 0.29) is 12.1 Å². The number of nitro groups is 1. The number of hydrogen-bond acceptors (Lipinski definition) is 7. The lowest BCUT2D eigenvalue weighted by Crippen LogP contribution is -2.74. The molecule has 0 N–H and O–H groups in total. The smallest absolute Gasteiger partial charge is 0.332 e. The lowest BCUT2D eigenvalue weighted by molar-refractivity contribution is -0.384. The molecule has 0 aromatic heterocycles. The summed E-state index contributed by atoms with van der Waals surface area (Å²) < 4.78 is 0. The quantitative estimate of drug-likeness (QED) is 0.372. The molecule has 2 saturated heterocycles. The van der Waals surface area contributed by atoms with Crippen molar-refractivity contribution in [3.63, 3.8) is 0 Å². The fourth-order valence-electron chi connectivity index (χ4n) is 5.84. The second-order valence-corrected chi connectivity index (χ2v) is 9.60. The number of barbiturate groups is 1. The number of benzene rings is 2. The maximum absolute atomic E-state index is 13.8. The number of carbonyl (C=O) groups excluding carboxylic acids is 3. The molecule has 5 rings (SSSR count). The molecule has 0 bridgehead atoms. The highest BCUT2D eigenvalue weighted by atomic mass is 16.6. The first-order valence-electron chi connectivity index (χ1n) is 11.5. The fourth-order valence-corrected chi connectivity index (χ4v) is 5.84. The van der Waals surface area contributed by atoms with Gasteiger partial charge in [0.1, 0.15) is 0 Å². The molecule has 2 fully saturated rings. The van der Waals surface area contributed by atoms with Crippen molar-refractivity contribution >= 4 is 34.9 Å². The van der Waals surface area contributed by atoms with Crippen molar-refractivity contribution in [2.75, 3.05) is 43.5 Å². The number of non-ortho nitro benzene ring substituents is 1. The number of piperazine rings is 1. The number of carbonyl (C=O) groups is 3. The van der Waals surface area contributed by atoms with E-state index in [1.165, 1.54) is 26.2 Å². The van der Waals surface area contributed by atoms with Crippen molar-refractivity contribution in [1.29, 1.82) is 0 Å². The Balaban J connectivity index is 1.67. The number of amides is 4. The second kappa shape index (κ2) is 7.79. The van der Waals surface area contributed by atoms with Gasteiger partial charge in [-0.1, -0.05) is 12.1 Å². The minimum absolute atomic E-state index is 0.00849. The summed E-state index contributed by atoms with van der Waals surface area (Å²) in [5, 5.41) is 11.5. The number of urea groups is 1. The summed E-state index contributed by atoms with van der Waals surface area (Å²) >= 11 is 0. The van der Waals surface area contributed by atoms with Gasteiger partial charge < -0.3 is 9.80 Å². The van der Waals surface area contributed by atoms with Gasteiger partial charge in [0.25, 0.3) is 5.69 Å². The van der Waals surface area contributed by atoms with Gasteiger partial charge in [-0.3, -0.25) is 29.5 Å². The third-order valence-corrected chi connectivity index (χ3v) is 7.86. The van der Waals surface area contributed by atoms with Gasteiger partial charge in [-0.25, -0.2) is 4.79 Å². The molecule has 1 atom stereocenters. The Kier molecular flexibility index (Phi) is 5.08. The number of nitrogens with zero attached hydrogens (tertiary/aromatic N) is 5. The topological polar surface area (TPSA) is 107 Å². The number of imide groups is 2. The molecule has 1 spiro atoms. The van der Waals surface area contributed by atoms with Crippen LogP contribution in [0.3, 0.4) is 0 Å². The molecule has 10 heteroatoms. The van der Waals surface area contributed by atoms with Crippen LogP contribution in [-0.4, -0.2) is 72.3 Å². The van der Waals surface area contributed by atoms with Crippen molar-refractivity contribution in [2.24, 2.45) is 5.41 Å². The number of aryl methyl sites for hydroxylation is 1. The van der Waals surface area contributed by atoms with Crippen LogP contribution in [0.15, 0.2) is 36.4 Å². The van der Waals surface area contributed by atoms with Crippen LogP contribution in [0.25, 0.3) is 0 Å². The van der Waals surface area contributed by atoms with Gasteiger partial charge in [0.2, 0.25) is 11.8 Å². The van der Waals surface area contributed by atoms with Crippen molar-refractivity contribution in [2.45, 2.75) is 26.3 Å². The lowest BCUT2D eigenvalue weighted by Gasteiger charge is -2.56. The van der Waals surface area contributed by atoms with Crippen LogP contribution in [0.4, 0.5) is 21.9 Å². The Labute approximate surface area is 202 Å². The first kappa shape index (κ1) is 22.8. The number of hydrogen-bond donors (Lipinski definition) is 0. The Bertz CT molecular complexity index is 1270. The normalized spacial score (nSPS) is 21.4. The van der Waals surface area contributed by atoms with Gasteiger partial charge >= 0.3 is 6.03 Å². The number of rotatable bonds is 2. The van der Waals surface area contributed by atoms with E-state index < -0.39 is 34.2 Å². The molecule has 2 aromatic carbocycles. The molecule has 0 aliphatic carbocycles. The Morgan fingerprint density at radius 2 is 1.66 bits per heavy atom. The molecule has 0 radical (unpaired) electrons. The van der Waals surface area contributed by atoms with Gasteiger partial charge in [0.05, 0.1) is 11.0 Å². The van der Waals surface area contributed by atoms with E-state index in [1.54, 1.807) is 6.07 Å². The van der Waals surface area contributed by atoms with E-state index in [2.05, 4.69) is 11.8 Å². The Morgan fingerprint density at radius 3 is 2.31 bits per heavy atom. The maximum Gasteiger partial charge on any atom is 0.332 e. The van der Waals surface area contributed by atoms with Crippen LogP contribution in [0, 0.1) is 29.4 Å². The third-order valence-electron chi connectivity index (χ3n) is 7.86. The average molecular weight is 478 g/mol. The van der Waals surface area contributed by atoms with Crippen LogP contribution in [0.5, 0.6) is 0 Å². The zero-order chi connectivity index (χ0) is 25.2. The fraction of sp³-hybridized carbons (Fsp3) is 0.400. The summed E-state index contributed by atoms with van der Waals surface area (Å²) in [4.78, 5) is 57.4. The van der Waals surface area contributed by atoms with Gasteiger partial charge in [-0.15, -0.1) is 0 Å². The Morgan fingerprint density at radius 1 is 0.971 bits per heavy atom. The van der Waals surface area contributed by atoms with Crippen molar-refractivity contribution < 1.29 is 19.3 Å². The molecular weight excluding hydrogens is 450 g/mol. The first-order valence-corrected chi connectivity index (χ1v) is 11.5. The minimum Gasteiger partial charge on any atom is -0.367 e. The first-order chi connectivity index (χ1) is 16.6. The predicted octanol–water partition coefficient (Wildman–Crippen LogP) is 2.50. The van der Waals surface area contributed by atoms with Crippen LogP contribution in [-0.2, 0) is 16.0 Å². The van der Waals surface area contributed by atoms with Crippen LogP contribution >= 0.6 is 0 Å². The average Bonchev–Trinajstić information content (AvgIpc) is 2.86. The zero-order valence-corrected chi connectivity index (χ0v) is 20.1. The van der Waals surface area contributed by atoms with E-state index in [9.17, 15) is 24.5 Å². The molecule has 182 valence electrons. The van der Waals surface area contributed by atoms with Crippen molar-refractivity contribution in [3.8, 4) is 0 Å². The lowest BCUT2D eigenvalue weighted by atomic mass is 9.67. The van der Waals surface area contributed by atoms with Gasteiger partial charge in [-0.05, 0) is 42.7 Å². The molecule has 3 heterocycles. The number of nitro benzene ring substituents is 1.